The zero-order valence-electron chi connectivity index (χ0n) is 10.7. The second kappa shape index (κ2) is 6.08. The fourth-order valence-corrected chi connectivity index (χ4v) is 3.14. The van der Waals surface area contributed by atoms with Crippen LogP contribution in [-0.2, 0) is 4.79 Å². The average Bonchev–Trinajstić information content (AvgIpc) is 2.40. The van der Waals surface area contributed by atoms with Crippen LogP contribution < -0.4 is 5.32 Å². The summed E-state index contributed by atoms with van der Waals surface area (Å²) in [6.45, 7) is 0.402. The highest BCUT2D eigenvalue weighted by molar-refractivity contribution is 9.11. The molecule has 0 fully saturated rings. The van der Waals surface area contributed by atoms with Gasteiger partial charge in [-0.05, 0) is 19.3 Å². The first-order chi connectivity index (χ1) is 9.09. The van der Waals surface area contributed by atoms with E-state index in [0.29, 0.717) is 11.0 Å². The minimum Gasteiger partial charge on any atom is -0.394 e. The van der Waals surface area contributed by atoms with Gasteiger partial charge < -0.3 is 15.5 Å². The summed E-state index contributed by atoms with van der Waals surface area (Å²) < 4.78 is 0.594. The topological polar surface area (TPSA) is 69.6 Å². The zero-order chi connectivity index (χ0) is 13.9. The molecule has 2 rings (SSSR count). The lowest BCUT2D eigenvalue weighted by Gasteiger charge is -2.37. The van der Waals surface area contributed by atoms with Crippen LogP contribution in [0.3, 0.4) is 0 Å². The van der Waals surface area contributed by atoms with E-state index in [9.17, 15) is 15.0 Å². The van der Waals surface area contributed by atoms with E-state index in [2.05, 4.69) is 33.1 Å². The molecule has 0 aromatic rings. The fourth-order valence-electron chi connectivity index (χ4n) is 2.55. The zero-order valence-corrected chi connectivity index (χ0v) is 12.2. The van der Waals surface area contributed by atoms with E-state index in [1.807, 2.05) is 0 Å². The number of nitrogens with one attached hydrogen (secondary N) is 1. The molecule has 0 saturated carbocycles. The molecular weight excluding hydrogens is 310 g/mol. The van der Waals surface area contributed by atoms with Crippen LogP contribution in [0.4, 0.5) is 0 Å². The molecule has 0 aromatic heterocycles. The van der Waals surface area contributed by atoms with Gasteiger partial charge in [-0.1, -0.05) is 27.9 Å². The molecule has 1 aliphatic heterocycles. The van der Waals surface area contributed by atoms with Gasteiger partial charge in [0.05, 0.1) is 24.0 Å². The van der Waals surface area contributed by atoms with E-state index in [-0.39, 0.29) is 18.9 Å². The van der Waals surface area contributed by atoms with Crippen molar-refractivity contribution in [1.82, 2.24) is 5.32 Å². The molecule has 0 bridgehead atoms. The lowest BCUT2D eigenvalue weighted by molar-refractivity contribution is -0.129. The summed E-state index contributed by atoms with van der Waals surface area (Å²) >= 11 is 3.29. The number of hydrogen-bond donors (Lipinski definition) is 3. The van der Waals surface area contributed by atoms with Gasteiger partial charge in [0.2, 0.25) is 5.91 Å². The quantitative estimate of drug-likeness (QED) is 0.627. The number of carbonyl (C=O) groups excluding carboxylic acids is 1. The van der Waals surface area contributed by atoms with Crippen LogP contribution in [0.5, 0.6) is 0 Å². The summed E-state index contributed by atoms with van der Waals surface area (Å²) in [4.78, 5) is 12.2. The van der Waals surface area contributed by atoms with Gasteiger partial charge in [-0.25, -0.2) is 0 Å². The number of aliphatic hydroxyl groups is 2. The third-order valence-corrected chi connectivity index (χ3v) is 4.48. The first-order valence-corrected chi connectivity index (χ1v) is 7.33. The summed E-state index contributed by atoms with van der Waals surface area (Å²) in [5, 5.41) is 22.5. The number of aliphatic hydroxyl groups excluding tert-OH is 2. The molecule has 1 aliphatic carbocycles. The lowest BCUT2D eigenvalue weighted by atomic mass is 9.69. The molecule has 0 radical (unpaired) electrons. The summed E-state index contributed by atoms with van der Waals surface area (Å²) in [7, 11) is 0. The van der Waals surface area contributed by atoms with Crippen molar-refractivity contribution in [2.24, 2.45) is 11.3 Å². The Labute approximate surface area is 121 Å². The molecule has 0 saturated heterocycles. The molecule has 0 aromatic carbocycles. The van der Waals surface area contributed by atoms with Crippen LogP contribution >= 0.6 is 15.9 Å². The van der Waals surface area contributed by atoms with E-state index in [4.69, 9.17) is 0 Å². The second-order valence-electron chi connectivity index (χ2n) is 5.08. The van der Waals surface area contributed by atoms with Crippen LogP contribution in [0.1, 0.15) is 25.7 Å². The predicted molar refractivity (Wildman–Crippen MR) is 75.3 cm³/mol. The van der Waals surface area contributed by atoms with E-state index in [1.165, 1.54) is 0 Å². The maximum absolute atomic E-state index is 12.2. The Balaban J connectivity index is 2.43. The van der Waals surface area contributed by atoms with Crippen molar-refractivity contribution in [3.05, 3.63) is 10.6 Å². The first kappa shape index (κ1) is 14.6. The molecule has 5 heteroatoms. The first-order valence-electron chi connectivity index (χ1n) is 6.54. The highest BCUT2D eigenvalue weighted by Crippen LogP contribution is 2.41. The minimum atomic E-state index is -0.889. The number of amides is 1. The largest absolute Gasteiger partial charge is 0.394 e. The molecule has 1 amide bonds. The molecule has 4 nitrogen and oxygen atoms in total. The van der Waals surface area contributed by atoms with Gasteiger partial charge in [0.25, 0.3) is 0 Å². The van der Waals surface area contributed by atoms with Gasteiger partial charge in [-0.2, -0.15) is 0 Å². The Morgan fingerprint density at radius 1 is 1.53 bits per heavy atom. The van der Waals surface area contributed by atoms with Crippen molar-refractivity contribution in [2.75, 3.05) is 13.2 Å². The second-order valence-corrected chi connectivity index (χ2v) is 6.00. The summed E-state index contributed by atoms with van der Waals surface area (Å²) in [6, 6.07) is 0. The van der Waals surface area contributed by atoms with Gasteiger partial charge in [0.1, 0.15) is 0 Å². The van der Waals surface area contributed by atoms with Crippen LogP contribution in [0.15, 0.2) is 10.6 Å². The van der Waals surface area contributed by atoms with E-state index in [1.54, 1.807) is 6.08 Å². The molecule has 3 atom stereocenters. The van der Waals surface area contributed by atoms with Crippen LogP contribution in [0.25, 0.3) is 0 Å². The molecular formula is C14H18BrNO3. The molecule has 3 N–H and O–H groups in total. The smallest absolute Gasteiger partial charge is 0.225 e. The lowest BCUT2D eigenvalue weighted by Crippen LogP contribution is -2.47. The van der Waals surface area contributed by atoms with Gasteiger partial charge in [0, 0.05) is 17.4 Å². The Morgan fingerprint density at radius 2 is 2.32 bits per heavy atom. The molecule has 2 aliphatic rings. The van der Waals surface area contributed by atoms with Crippen molar-refractivity contribution in [1.29, 1.82) is 0 Å². The highest BCUT2D eigenvalue weighted by atomic mass is 79.9. The average molecular weight is 328 g/mol. The predicted octanol–water partition coefficient (Wildman–Crippen LogP) is 0.928. The van der Waals surface area contributed by atoms with Gasteiger partial charge in [-0.3, -0.25) is 4.79 Å². The van der Waals surface area contributed by atoms with Crippen molar-refractivity contribution in [3.63, 3.8) is 0 Å². The van der Waals surface area contributed by atoms with E-state index < -0.39 is 17.4 Å². The number of hydrogen-bond acceptors (Lipinski definition) is 3. The van der Waals surface area contributed by atoms with Crippen molar-refractivity contribution < 1.29 is 15.0 Å². The van der Waals surface area contributed by atoms with Crippen LogP contribution in [0, 0.1) is 23.2 Å². The third kappa shape index (κ3) is 3.02. The van der Waals surface area contributed by atoms with Crippen molar-refractivity contribution >= 4 is 21.8 Å². The van der Waals surface area contributed by atoms with E-state index in [0.717, 1.165) is 19.3 Å². The maximum atomic E-state index is 12.2. The van der Waals surface area contributed by atoms with Crippen molar-refractivity contribution in [3.8, 4) is 11.8 Å². The normalized spacial score (nSPS) is 35.3. The van der Waals surface area contributed by atoms with Crippen LogP contribution in [0.2, 0.25) is 0 Å². The number of fused-ring (bicyclic) bond motifs is 1. The fraction of sp³-hybridized carbons (Fsp3) is 0.643. The molecule has 19 heavy (non-hydrogen) atoms. The number of rotatable bonds is 1. The molecule has 104 valence electrons. The molecule has 0 unspecified atom stereocenters. The van der Waals surface area contributed by atoms with Crippen molar-refractivity contribution in [2.45, 2.75) is 31.8 Å². The van der Waals surface area contributed by atoms with Gasteiger partial charge >= 0.3 is 0 Å². The number of carbonyl (C=O) groups is 1. The number of halogens is 1. The maximum Gasteiger partial charge on any atom is 0.225 e. The summed E-state index contributed by atoms with van der Waals surface area (Å²) in [5.41, 5.74) is -0.889. The SMILES string of the molecule is O=C1NCCCCC#C[C@]2(CO)C=C(Br)[C@@H](O)C[C@H]12. The monoisotopic (exact) mass is 327 g/mol. The molecule has 1 heterocycles. The highest BCUT2D eigenvalue weighted by Gasteiger charge is 2.45. The summed E-state index contributed by atoms with van der Waals surface area (Å²) in [6.07, 6.45) is 3.87. The Kier molecular flexibility index (Phi) is 4.67. The van der Waals surface area contributed by atoms with Gasteiger partial charge in [-0.15, -0.1) is 5.92 Å². The Bertz CT molecular complexity index is 451. The van der Waals surface area contributed by atoms with Crippen LogP contribution in [-0.4, -0.2) is 35.4 Å². The molecule has 0 spiro atoms. The summed E-state index contributed by atoms with van der Waals surface area (Å²) in [5.74, 6) is 5.47. The Morgan fingerprint density at radius 3 is 3.05 bits per heavy atom. The van der Waals surface area contributed by atoms with E-state index >= 15 is 0 Å². The standard InChI is InChI=1S/C14H18BrNO3/c15-11-8-14(9-17)5-3-1-2-4-6-16-13(19)10(14)7-12(11)18/h8,10,12,17-18H,1-2,4,6-7,9H2,(H,16,19)/t10-,12+,14-/m1/s1. The third-order valence-electron chi connectivity index (χ3n) is 3.72. The Hall–Kier alpha value is -0.830. The minimum absolute atomic E-state index is 0.138. The van der Waals surface area contributed by atoms with Gasteiger partial charge in [0.15, 0.2) is 0 Å².